The summed E-state index contributed by atoms with van der Waals surface area (Å²) < 4.78 is 5.62. The van der Waals surface area contributed by atoms with Crippen LogP contribution in [0.15, 0.2) is 91.0 Å². The minimum absolute atomic E-state index is 0.283. The Morgan fingerprint density at radius 3 is 2.00 bits per heavy atom. The third kappa shape index (κ3) is 4.41. The van der Waals surface area contributed by atoms with E-state index in [1.54, 1.807) is 6.92 Å². The zero-order chi connectivity index (χ0) is 20.2. The second-order valence-electron chi connectivity index (χ2n) is 7.36. The van der Waals surface area contributed by atoms with Gasteiger partial charge in [0.1, 0.15) is 12.4 Å². The van der Waals surface area contributed by atoms with E-state index >= 15 is 0 Å². The molecule has 3 nitrogen and oxygen atoms in total. The van der Waals surface area contributed by atoms with Crippen LogP contribution in [0.3, 0.4) is 0 Å². The van der Waals surface area contributed by atoms with Gasteiger partial charge in [-0.3, -0.25) is 0 Å². The van der Waals surface area contributed by atoms with E-state index in [-0.39, 0.29) is 6.61 Å². The molecule has 0 saturated carbocycles. The number of anilines is 3. The van der Waals surface area contributed by atoms with E-state index in [1.165, 1.54) is 16.3 Å². The predicted molar refractivity (Wildman–Crippen MR) is 121 cm³/mol. The van der Waals surface area contributed by atoms with E-state index in [4.69, 9.17) is 4.74 Å². The van der Waals surface area contributed by atoms with E-state index in [0.717, 1.165) is 22.8 Å². The molecule has 1 unspecified atom stereocenters. The normalized spacial score (nSPS) is 12.0. The van der Waals surface area contributed by atoms with Crippen LogP contribution in [0.2, 0.25) is 0 Å². The minimum Gasteiger partial charge on any atom is -0.491 e. The van der Waals surface area contributed by atoms with Gasteiger partial charge in [-0.15, -0.1) is 0 Å². The third-order valence-electron chi connectivity index (χ3n) is 4.87. The van der Waals surface area contributed by atoms with Gasteiger partial charge in [-0.2, -0.15) is 0 Å². The molecule has 0 radical (unpaired) electrons. The molecule has 0 fully saturated rings. The molecular formula is C26H25NO2. The molecule has 0 aliphatic heterocycles. The topological polar surface area (TPSA) is 32.7 Å². The summed E-state index contributed by atoms with van der Waals surface area (Å²) >= 11 is 0. The van der Waals surface area contributed by atoms with Crippen LogP contribution in [0.4, 0.5) is 17.1 Å². The van der Waals surface area contributed by atoms with E-state index in [1.807, 2.05) is 24.3 Å². The van der Waals surface area contributed by atoms with Crippen molar-refractivity contribution in [2.24, 2.45) is 0 Å². The lowest BCUT2D eigenvalue weighted by molar-refractivity contribution is 0.123. The van der Waals surface area contributed by atoms with Gasteiger partial charge in [0.05, 0.1) is 6.10 Å². The van der Waals surface area contributed by atoms with Crippen molar-refractivity contribution in [3.05, 3.63) is 96.6 Å². The molecular weight excluding hydrogens is 358 g/mol. The molecule has 4 aromatic rings. The Kier molecular flexibility index (Phi) is 5.50. The Morgan fingerprint density at radius 2 is 1.34 bits per heavy atom. The Morgan fingerprint density at radius 1 is 0.759 bits per heavy atom. The highest BCUT2D eigenvalue weighted by molar-refractivity contribution is 5.89. The molecule has 0 saturated heterocycles. The van der Waals surface area contributed by atoms with Gasteiger partial charge >= 0.3 is 0 Å². The van der Waals surface area contributed by atoms with Crippen LogP contribution in [-0.2, 0) is 0 Å². The highest BCUT2D eigenvalue weighted by Crippen LogP contribution is 2.36. The van der Waals surface area contributed by atoms with Gasteiger partial charge in [-0.05, 0) is 73.2 Å². The largest absolute Gasteiger partial charge is 0.491 e. The van der Waals surface area contributed by atoms with Gasteiger partial charge in [-0.1, -0.05) is 48.0 Å². The fraction of sp³-hybridized carbons (Fsp3) is 0.154. The molecule has 4 rings (SSSR count). The molecule has 0 bridgehead atoms. The van der Waals surface area contributed by atoms with Crippen molar-refractivity contribution < 1.29 is 9.84 Å². The number of nitrogens with zero attached hydrogens (tertiary/aromatic N) is 1. The van der Waals surface area contributed by atoms with Crippen molar-refractivity contribution in [2.75, 3.05) is 11.5 Å². The van der Waals surface area contributed by atoms with Crippen molar-refractivity contribution in [3.8, 4) is 5.75 Å². The van der Waals surface area contributed by atoms with Crippen molar-refractivity contribution in [3.63, 3.8) is 0 Å². The fourth-order valence-corrected chi connectivity index (χ4v) is 3.37. The summed E-state index contributed by atoms with van der Waals surface area (Å²) in [4.78, 5) is 2.24. The monoisotopic (exact) mass is 383 g/mol. The average molecular weight is 383 g/mol. The van der Waals surface area contributed by atoms with Crippen LogP contribution in [-0.4, -0.2) is 17.8 Å². The lowest BCUT2D eigenvalue weighted by Crippen LogP contribution is -2.13. The van der Waals surface area contributed by atoms with Crippen molar-refractivity contribution in [2.45, 2.75) is 20.0 Å². The number of fused-ring (bicyclic) bond motifs is 1. The maximum atomic E-state index is 9.43. The van der Waals surface area contributed by atoms with E-state index in [9.17, 15) is 5.11 Å². The highest BCUT2D eigenvalue weighted by Gasteiger charge is 2.13. The number of aryl methyl sites for hydroxylation is 1. The summed E-state index contributed by atoms with van der Waals surface area (Å²) in [5.41, 5.74) is 4.48. The molecule has 0 spiro atoms. The van der Waals surface area contributed by atoms with Crippen molar-refractivity contribution in [1.82, 2.24) is 0 Å². The molecule has 1 atom stereocenters. The standard InChI is InChI=1S/C26H25NO2/c1-19-7-10-23(11-8-19)27(24-13-15-26(16-14-24)29-18-20(2)28)25-12-9-21-5-3-4-6-22(21)17-25/h3-17,20,28H,18H2,1-2H3. The van der Waals surface area contributed by atoms with E-state index < -0.39 is 6.10 Å². The van der Waals surface area contributed by atoms with Crippen LogP contribution in [0.25, 0.3) is 10.8 Å². The van der Waals surface area contributed by atoms with Gasteiger partial charge in [0.2, 0.25) is 0 Å². The summed E-state index contributed by atoms with van der Waals surface area (Å²) in [5.74, 6) is 0.747. The second-order valence-corrected chi connectivity index (χ2v) is 7.36. The van der Waals surface area contributed by atoms with Crippen molar-refractivity contribution >= 4 is 27.8 Å². The molecule has 0 heterocycles. The predicted octanol–water partition coefficient (Wildman–Crippen LogP) is 6.38. The number of ether oxygens (including phenoxy) is 1. The summed E-state index contributed by atoms with van der Waals surface area (Å²) in [7, 11) is 0. The molecule has 0 aliphatic rings. The first-order chi connectivity index (χ1) is 14.1. The fourth-order valence-electron chi connectivity index (χ4n) is 3.37. The van der Waals surface area contributed by atoms with Crippen LogP contribution < -0.4 is 9.64 Å². The van der Waals surface area contributed by atoms with Gasteiger partial charge in [0.25, 0.3) is 0 Å². The molecule has 3 heteroatoms. The summed E-state index contributed by atoms with van der Waals surface area (Å²) in [6, 6.07) is 31.4. The first kappa shape index (κ1) is 19.0. The van der Waals surface area contributed by atoms with E-state index in [0.29, 0.717) is 0 Å². The molecule has 0 aromatic heterocycles. The zero-order valence-corrected chi connectivity index (χ0v) is 16.7. The number of hydrogen-bond donors (Lipinski definition) is 1. The Balaban J connectivity index is 1.74. The van der Waals surface area contributed by atoms with Gasteiger partial charge in [0.15, 0.2) is 0 Å². The summed E-state index contributed by atoms with van der Waals surface area (Å²) in [6.07, 6.45) is -0.490. The number of hydrogen-bond acceptors (Lipinski definition) is 3. The zero-order valence-electron chi connectivity index (χ0n) is 16.7. The molecule has 29 heavy (non-hydrogen) atoms. The summed E-state index contributed by atoms with van der Waals surface area (Å²) in [5, 5.41) is 11.9. The molecule has 146 valence electrons. The number of aliphatic hydroxyl groups excluding tert-OH is 1. The van der Waals surface area contributed by atoms with Crippen molar-refractivity contribution in [1.29, 1.82) is 0 Å². The first-order valence-corrected chi connectivity index (χ1v) is 9.87. The van der Waals surface area contributed by atoms with Crippen LogP contribution in [0, 0.1) is 6.92 Å². The average Bonchev–Trinajstić information content (AvgIpc) is 2.74. The molecule has 4 aromatic carbocycles. The Labute approximate surface area is 171 Å². The van der Waals surface area contributed by atoms with Gasteiger partial charge in [0, 0.05) is 17.1 Å². The molecule has 0 amide bonds. The Bertz CT molecular complexity index is 1090. The highest BCUT2D eigenvalue weighted by atomic mass is 16.5. The number of rotatable bonds is 6. The maximum Gasteiger partial charge on any atom is 0.119 e. The second kappa shape index (κ2) is 8.38. The maximum absolute atomic E-state index is 9.43. The summed E-state index contributed by atoms with van der Waals surface area (Å²) in [6.45, 7) is 4.09. The van der Waals surface area contributed by atoms with E-state index in [2.05, 4.69) is 78.6 Å². The molecule has 1 N–H and O–H groups in total. The lowest BCUT2D eigenvalue weighted by atomic mass is 10.1. The van der Waals surface area contributed by atoms with Crippen LogP contribution in [0.1, 0.15) is 12.5 Å². The third-order valence-corrected chi connectivity index (χ3v) is 4.87. The first-order valence-electron chi connectivity index (χ1n) is 9.87. The van der Waals surface area contributed by atoms with Crippen LogP contribution >= 0.6 is 0 Å². The van der Waals surface area contributed by atoms with Crippen LogP contribution in [0.5, 0.6) is 5.75 Å². The van der Waals surface area contributed by atoms with Gasteiger partial charge in [-0.25, -0.2) is 0 Å². The number of benzene rings is 4. The number of aliphatic hydroxyl groups is 1. The smallest absolute Gasteiger partial charge is 0.119 e. The Hall–Kier alpha value is -3.30. The quantitative estimate of drug-likeness (QED) is 0.419. The van der Waals surface area contributed by atoms with Gasteiger partial charge < -0.3 is 14.7 Å². The SMILES string of the molecule is Cc1ccc(N(c2ccc(OCC(C)O)cc2)c2ccc3ccccc3c2)cc1. The minimum atomic E-state index is -0.490. The lowest BCUT2D eigenvalue weighted by Gasteiger charge is -2.26. The molecule has 0 aliphatic carbocycles.